The van der Waals surface area contributed by atoms with Gasteiger partial charge in [-0.2, -0.15) is 0 Å². The van der Waals surface area contributed by atoms with Crippen molar-refractivity contribution in [2.24, 2.45) is 0 Å². The molecule has 5 nitrogen and oxygen atoms in total. The Bertz CT molecular complexity index is 819. The minimum Gasteiger partial charge on any atom is -0.501 e. The molecular weight excluding hydrogens is 313 g/mol. The van der Waals surface area contributed by atoms with Crippen molar-refractivity contribution in [2.75, 3.05) is 18.1 Å². The van der Waals surface area contributed by atoms with Crippen LogP contribution in [0.25, 0.3) is 11.6 Å². The highest BCUT2D eigenvalue weighted by Crippen LogP contribution is 2.43. The molecule has 124 valence electrons. The minimum absolute atomic E-state index is 0.00754. The van der Waals surface area contributed by atoms with Crippen LogP contribution < -0.4 is 4.90 Å². The quantitative estimate of drug-likeness (QED) is 0.680. The van der Waals surface area contributed by atoms with Crippen molar-refractivity contribution in [2.45, 2.75) is 19.8 Å². The first-order chi connectivity index (χ1) is 11.6. The molecule has 0 aliphatic carbocycles. The first kappa shape index (κ1) is 16.0. The summed E-state index contributed by atoms with van der Waals surface area (Å²) in [5.41, 5.74) is 2.08. The number of hydrogen-bond acceptors (Lipinski definition) is 4. The van der Waals surface area contributed by atoms with E-state index in [0.29, 0.717) is 48.4 Å². The van der Waals surface area contributed by atoms with Crippen molar-refractivity contribution in [3.05, 3.63) is 46.6 Å². The van der Waals surface area contributed by atoms with Gasteiger partial charge in [0, 0.05) is 17.7 Å². The molecule has 0 spiro atoms. The SMILES string of the molecule is CCO/C=C/c1c(F)cc2c3c1CCCN3C(C(=O)O)=CC2=C=O. The third-order valence-electron chi connectivity index (χ3n) is 4.16. The van der Waals surface area contributed by atoms with E-state index in [9.17, 15) is 19.1 Å². The van der Waals surface area contributed by atoms with Crippen LogP contribution in [0.4, 0.5) is 10.1 Å². The highest BCUT2D eigenvalue weighted by molar-refractivity contribution is 6.07. The number of anilines is 1. The van der Waals surface area contributed by atoms with Crippen LogP contribution in [0.1, 0.15) is 30.0 Å². The summed E-state index contributed by atoms with van der Waals surface area (Å²) in [6, 6.07) is 1.26. The van der Waals surface area contributed by atoms with Crippen LogP contribution in [0.2, 0.25) is 0 Å². The number of hydrogen-bond donors (Lipinski definition) is 1. The Labute approximate surface area is 138 Å². The van der Waals surface area contributed by atoms with Gasteiger partial charge in [0.05, 0.1) is 24.1 Å². The summed E-state index contributed by atoms with van der Waals surface area (Å²) < 4.78 is 19.7. The lowest BCUT2D eigenvalue weighted by Gasteiger charge is -2.37. The Morgan fingerprint density at radius 2 is 2.33 bits per heavy atom. The molecule has 1 aromatic rings. The first-order valence-corrected chi connectivity index (χ1v) is 7.70. The summed E-state index contributed by atoms with van der Waals surface area (Å²) in [5, 5.41) is 9.43. The van der Waals surface area contributed by atoms with Crippen molar-refractivity contribution in [1.29, 1.82) is 0 Å². The summed E-state index contributed by atoms with van der Waals surface area (Å²) in [5.74, 6) is 0.132. The highest BCUT2D eigenvalue weighted by atomic mass is 19.1. The summed E-state index contributed by atoms with van der Waals surface area (Å²) in [4.78, 5) is 24.4. The van der Waals surface area contributed by atoms with Gasteiger partial charge in [0.1, 0.15) is 17.5 Å². The molecule has 2 aliphatic rings. The molecule has 2 heterocycles. The van der Waals surface area contributed by atoms with Crippen LogP contribution in [0.3, 0.4) is 0 Å². The molecule has 3 rings (SSSR count). The molecule has 2 aliphatic heterocycles. The van der Waals surface area contributed by atoms with E-state index in [2.05, 4.69) is 0 Å². The zero-order chi connectivity index (χ0) is 17.3. The van der Waals surface area contributed by atoms with E-state index < -0.39 is 11.8 Å². The number of carbonyl (C=O) groups excluding carboxylic acids is 1. The lowest BCUT2D eigenvalue weighted by atomic mass is 9.87. The number of allylic oxidation sites excluding steroid dienone is 2. The second-order valence-electron chi connectivity index (χ2n) is 5.51. The van der Waals surface area contributed by atoms with Crippen molar-refractivity contribution in [3.8, 4) is 0 Å². The van der Waals surface area contributed by atoms with Crippen LogP contribution in [0.15, 0.2) is 24.1 Å². The largest absolute Gasteiger partial charge is 0.501 e. The van der Waals surface area contributed by atoms with Gasteiger partial charge in [-0.15, -0.1) is 0 Å². The summed E-state index contributed by atoms with van der Waals surface area (Å²) in [6.45, 7) is 2.80. The predicted octanol–water partition coefficient (Wildman–Crippen LogP) is 2.78. The molecule has 0 saturated heterocycles. The Hall–Kier alpha value is -2.85. The molecular formula is C18H16FNO4. The molecule has 1 aromatic carbocycles. The number of rotatable bonds is 4. The summed E-state index contributed by atoms with van der Waals surface area (Å²) >= 11 is 0. The minimum atomic E-state index is -1.13. The van der Waals surface area contributed by atoms with Gasteiger partial charge in [0.25, 0.3) is 0 Å². The van der Waals surface area contributed by atoms with Crippen molar-refractivity contribution < 1.29 is 23.8 Å². The van der Waals surface area contributed by atoms with E-state index in [4.69, 9.17) is 4.74 Å². The summed E-state index contributed by atoms with van der Waals surface area (Å²) in [6.07, 6.45) is 5.51. The number of carboxylic acids is 1. The standard InChI is InChI=1S/C18H16FNO4/c1-2-24-7-5-12-13-4-3-6-20-16(18(22)23)8-11(10-21)14(17(13)20)9-15(12)19/h5,7-9H,2-4,6H2,1H3,(H,22,23)/b7-5+. The van der Waals surface area contributed by atoms with E-state index >= 15 is 0 Å². The van der Waals surface area contributed by atoms with E-state index in [1.54, 1.807) is 16.9 Å². The Morgan fingerprint density at radius 3 is 3.00 bits per heavy atom. The van der Waals surface area contributed by atoms with Crippen molar-refractivity contribution in [1.82, 2.24) is 0 Å². The number of carboxylic acid groups (broad SMARTS) is 1. The summed E-state index contributed by atoms with van der Waals surface area (Å²) in [7, 11) is 0. The molecule has 1 N–H and O–H groups in total. The molecule has 0 bridgehead atoms. The molecule has 0 aromatic heterocycles. The van der Waals surface area contributed by atoms with Crippen molar-refractivity contribution in [3.63, 3.8) is 0 Å². The average Bonchev–Trinajstić information content (AvgIpc) is 2.57. The third kappa shape index (κ3) is 2.51. The Kier molecular flexibility index (Phi) is 4.23. The lowest BCUT2D eigenvalue weighted by Crippen LogP contribution is -2.35. The maximum Gasteiger partial charge on any atom is 0.352 e. The van der Waals surface area contributed by atoms with Crippen LogP contribution in [-0.4, -0.2) is 30.2 Å². The zero-order valence-electron chi connectivity index (χ0n) is 13.1. The molecule has 0 amide bonds. The fourth-order valence-corrected chi connectivity index (χ4v) is 3.19. The van der Waals surface area contributed by atoms with Gasteiger partial charge in [0.2, 0.25) is 0 Å². The lowest BCUT2D eigenvalue weighted by molar-refractivity contribution is -0.132. The highest BCUT2D eigenvalue weighted by Gasteiger charge is 2.33. The van der Waals surface area contributed by atoms with E-state index in [1.807, 2.05) is 6.92 Å². The van der Waals surface area contributed by atoms with Crippen LogP contribution in [0, 0.1) is 5.82 Å². The topological polar surface area (TPSA) is 66.8 Å². The normalized spacial score (nSPS) is 15.8. The second kappa shape index (κ2) is 6.34. The molecule has 0 saturated carbocycles. The zero-order valence-corrected chi connectivity index (χ0v) is 13.1. The smallest absolute Gasteiger partial charge is 0.352 e. The number of ether oxygens (including phenoxy) is 1. The van der Waals surface area contributed by atoms with Crippen LogP contribution >= 0.6 is 0 Å². The molecule has 24 heavy (non-hydrogen) atoms. The second-order valence-corrected chi connectivity index (χ2v) is 5.51. The number of nitrogens with zero attached hydrogens (tertiary/aromatic N) is 1. The van der Waals surface area contributed by atoms with E-state index in [1.165, 1.54) is 18.4 Å². The van der Waals surface area contributed by atoms with Crippen LogP contribution in [0.5, 0.6) is 0 Å². The molecule has 0 atom stereocenters. The fraction of sp³-hybridized carbons (Fsp3) is 0.278. The molecule has 0 radical (unpaired) electrons. The number of aliphatic carboxylic acids is 1. The molecule has 0 fully saturated rings. The molecule has 0 unspecified atom stereocenters. The Morgan fingerprint density at radius 1 is 1.54 bits per heavy atom. The number of benzene rings is 1. The monoisotopic (exact) mass is 329 g/mol. The average molecular weight is 329 g/mol. The van der Waals surface area contributed by atoms with Gasteiger partial charge in [-0.3, -0.25) is 0 Å². The van der Waals surface area contributed by atoms with Crippen LogP contribution in [-0.2, 0) is 20.7 Å². The van der Waals surface area contributed by atoms with Gasteiger partial charge in [0.15, 0.2) is 0 Å². The van der Waals surface area contributed by atoms with Gasteiger partial charge in [-0.25, -0.2) is 14.0 Å². The van der Waals surface area contributed by atoms with Gasteiger partial charge < -0.3 is 14.7 Å². The van der Waals surface area contributed by atoms with Gasteiger partial charge in [-0.1, -0.05) is 0 Å². The fourth-order valence-electron chi connectivity index (χ4n) is 3.19. The first-order valence-electron chi connectivity index (χ1n) is 7.70. The van der Waals surface area contributed by atoms with E-state index in [-0.39, 0.29) is 11.3 Å². The Balaban J connectivity index is 2.25. The molecule has 6 heteroatoms. The predicted molar refractivity (Wildman–Crippen MR) is 87.5 cm³/mol. The number of halogens is 1. The van der Waals surface area contributed by atoms with E-state index in [0.717, 1.165) is 0 Å². The van der Waals surface area contributed by atoms with Gasteiger partial charge >= 0.3 is 5.97 Å². The van der Waals surface area contributed by atoms with Gasteiger partial charge in [-0.05, 0) is 43.5 Å². The third-order valence-corrected chi connectivity index (χ3v) is 4.16. The maximum absolute atomic E-state index is 14.6. The number of carbonyl (C=O) groups is 1. The maximum atomic E-state index is 14.6. The van der Waals surface area contributed by atoms with Crippen molar-refractivity contribution >= 4 is 29.2 Å².